The van der Waals surface area contributed by atoms with Gasteiger partial charge in [0, 0.05) is 32.0 Å². The van der Waals surface area contributed by atoms with Crippen molar-refractivity contribution in [1.29, 1.82) is 0 Å². The van der Waals surface area contributed by atoms with E-state index >= 15 is 0 Å². The predicted octanol–water partition coefficient (Wildman–Crippen LogP) is 3.49. The van der Waals surface area contributed by atoms with Gasteiger partial charge in [0.15, 0.2) is 6.61 Å². The van der Waals surface area contributed by atoms with Gasteiger partial charge in [0.2, 0.25) is 0 Å². The van der Waals surface area contributed by atoms with Crippen LogP contribution < -0.4 is 0 Å². The zero-order chi connectivity index (χ0) is 25.4. The number of carbonyl (C=O) groups is 2. The number of halogens is 1. The van der Waals surface area contributed by atoms with E-state index in [1.54, 1.807) is 36.1 Å². The fraction of sp³-hybridized carbons (Fsp3) is 0.480. The first-order chi connectivity index (χ1) is 16.8. The first-order valence-electron chi connectivity index (χ1n) is 11.7. The quantitative estimate of drug-likeness (QED) is 0.325. The van der Waals surface area contributed by atoms with Crippen LogP contribution in [0.2, 0.25) is 5.02 Å². The van der Waals surface area contributed by atoms with E-state index in [-0.39, 0.29) is 47.2 Å². The van der Waals surface area contributed by atoms with Gasteiger partial charge < -0.3 is 29.8 Å². The number of fused-ring (bicyclic) bond motifs is 1. The molecule has 0 unspecified atom stereocenters. The number of allylic oxidation sites excluding steroid dienone is 1. The number of esters is 1. The molecule has 10 heteroatoms. The number of cyclic esters (lactones) is 1. The van der Waals surface area contributed by atoms with Crippen molar-refractivity contribution in [2.75, 3.05) is 19.7 Å². The van der Waals surface area contributed by atoms with Crippen molar-refractivity contribution in [3.63, 3.8) is 0 Å². The molecule has 2 aliphatic heterocycles. The van der Waals surface area contributed by atoms with E-state index in [0.29, 0.717) is 19.5 Å². The zero-order valence-corrected chi connectivity index (χ0v) is 20.4. The number of aliphatic hydroxyl groups is 1. The van der Waals surface area contributed by atoms with E-state index in [2.05, 4.69) is 5.16 Å². The molecule has 0 aromatic heterocycles. The number of amides is 1. The Labute approximate surface area is 209 Å². The molecule has 0 aliphatic carbocycles. The number of hydrogen-bond acceptors (Lipinski definition) is 8. The van der Waals surface area contributed by atoms with Crippen molar-refractivity contribution in [3.8, 4) is 11.5 Å². The number of nitrogens with zero attached hydrogens (tertiary/aromatic N) is 2. The number of hydrogen-bond donors (Lipinski definition) is 3. The Balaban J connectivity index is 1.91. The summed E-state index contributed by atoms with van der Waals surface area (Å²) in [5.74, 6) is -1.89. The standard InChI is InChI=1S/C25H31ClN2O7/c1-16-7-5-9-18(29)10-6-8-17(27-34-15-22(32)28-11-3-2-4-12-28)13-19-23(25(33)35-16)20(30)14-21(31)24(19)26/h5-6,8-9,14,16,18,29-31H,2-4,7,10-13,15H2,1H3/b8-6+,9-5+,27-17-/t16-,18-/m1/s1. The van der Waals surface area contributed by atoms with Crippen LogP contribution in [0.4, 0.5) is 0 Å². The summed E-state index contributed by atoms with van der Waals surface area (Å²) >= 11 is 6.31. The molecular formula is C25H31ClN2O7. The van der Waals surface area contributed by atoms with Crippen LogP contribution in [-0.2, 0) is 20.8 Å². The summed E-state index contributed by atoms with van der Waals surface area (Å²) in [5, 5.41) is 34.7. The lowest BCUT2D eigenvalue weighted by molar-refractivity contribution is -0.137. The van der Waals surface area contributed by atoms with E-state index in [4.69, 9.17) is 21.2 Å². The number of phenolic OH excluding ortho intramolecular Hbond substituents is 2. The minimum Gasteiger partial charge on any atom is -0.507 e. The number of phenols is 2. The second-order valence-electron chi connectivity index (χ2n) is 8.64. The van der Waals surface area contributed by atoms with Crippen molar-refractivity contribution in [2.24, 2.45) is 5.16 Å². The van der Waals surface area contributed by atoms with Crippen molar-refractivity contribution < 1.29 is 34.5 Å². The van der Waals surface area contributed by atoms with Gasteiger partial charge in [-0.15, -0.1) is 0 Å². The summed E-state index contributed by atoms with van der Waals surface area (Å²) in [6, 6.07) is 0.979. The van der Waals surface area contributed by atoms with Crippen molar-refractivity contribution in [1.82, 2.24) is 4.90 Å². The third-order valence-electron chi connectivity index (χ3n) is 5.78. The SMILES string of the molecule is C[C@@H]1C/C=C/[C@@H](O)C/C=C/C(=N/OCC(=O)N2CCCCC2)Cc2c(Cl)c(O)cc(O)c2C(=O)O1. The molecule has 1 saturated heterocycles. The minimum absolute atomic E-state index is 0.101. The van der Waals surface area contributed by atoms with Crippen LogP contribution in [0.1, 0.15) is 54.9 Å². The summed E-state index contributed by atoms with van der Waals surface area (Å²) in [4.78, 5) is 32.3. The predicted molar refractivity (Wildman–Crippen MR) is 131 cm³/mol. The molecule has 190 valence electrons. The molecule has 3 rings (SSSR count). The Morgan fingerprint density at radius 1 is 1.20 bits per heavy atom. The van der Waals surface area contributed by atoms with Gasteiger partial charge >= 0.3 is 5.97 Å². The Bertz CT molecular complexity index is 1020. The van der Waals surface area contributed by atoms with Gasteiger partial charge in [-0.3, -0.25) is 4.79 Å². The smallest absolute Gasteiger partial charge is 0.342 e. The lowest BCUT2D eigenvalue weighted by Crippen LogP contribution is -2.37. The maximum Gasteiger partial charge on any atom is 0.342 e. The van der Waals surface area contributed by atoms with Crippen molar-refractivity contribution in [3.05, 3.63) is 46.5 Å². The van der Waals surface area contributed by atoms with E-state index in [0.717, 1.165) is 25.3 Å². The molecular weight excluding hydrogens is 476 g/mol. The Morgan fingerprint density at radius 2 is 1.94 bits per heavy atom. The molecule has 1 amide bonds. The lowest BCUT2D eigenvalue weighted by Gasteiger charge is -2.26. The number of piperidine rings is 1. The summed E-state index contributed by atoms with van der Waals surface area (Å²) in [5.41, 5.74) is 0.175. The molecule has 2 atom stereocenters. The molecule has 1 fully saturated rings. The van der Waals surface area contributed by atoms with Gasteiger partial charge in [-0.2, -0.15) is 0 Å². The van der Waals surface area contributed by atoms with E-state index in [1.165, 1.54) is 0 Å². The molecule has 2 aliphatic rings. The molecule has 35 heavy (non-hydrogen) atoms. The fourth-order valence-corrected chi connectivity index (χ4v) is 4.14. The highest BCUT2D eigenvalue weighted by Gasteiger charge is 2.26. The van der Waals surface area contributed by atoms with Crippen molar-refractivity contribution >= 4 is 29.2 Å². The average molecular weight is 507 g/mol. The number of benzene rings is 1. The van der Waals surface area contributed by atoms with Gasteiger partial charge in [0.25, 0.3) is 5.91 Å². The monoisotopic (exact) mass is 506 g/mol. The molecule has 1 aromatic carbocycles. The summed E-state index contributed by atoms with van der Waals surface area (Å²) in [6.07, 6.45) is 8.79. The van der Waals surface area contributed by atoms with Crippen LogP contribution in [0.15, 0.2) is 35.5 Å². The highest BCUT2D eigenvalue weighted by molar-refractivity contribution is 6.33. The largest absolute Gasteiger partial charge is 0.507 e. The maximum atomic E-state index is 12.9. The Morgan fingerprint density at radius 3 is 2.69 bits per heavy atom. The molecule has 2 heterocycles. The average Bonchev–Trinajstić information content (AvgIpc) is 2.82. The maximum absolute atomic E-state index is 12.9. The van der Waals surface area contributed by atoms with Crippen LogP contribution in [0, 0.1) is 0 Å². The van der Waals surface area contributed by atoms with Gasteiger partial charge in [0.1, 0.15) is 23.2 Å². The van der Waals surface area contributed by atoms with Crippen LogP contribution in [-0.4, -0.2) is 69.7 Å². The number of oxime groups is 1. The number of aromatic hydroxyl groups is 2. The first kappa shape index (κ1) is 26.6. The molecule has 0 bridgehead atoms. The van der Waals surface area contributed by atoms with Crippen LogP contribution >= 0.6 is 11.6 Å². The second kappa shape index (κ2) is 12.6. The minimum atomic E-state index is -0.817. The third-order valence-corrected chi connectivity index (χ3v) is 6.21. The topological polar surface area (TPSA) is 129 Å². The summed E-state index contributed by atoms with van der Waals surface area (Å²) in [7, 11) is 0. The molecule has 0 saturated carbocycles. The Hall–Kier alpha value is -3.04. The molecule has 9 nitrogen and oxygen atoms in total. The van der Waals surface area contributed by atoms with Crippen LogP contribution in [0.25, 0.3) is 0 Å². The molecule has 1 aromatic rings. The molecule has 3 N–H and O–H groups in total. The van der Waals surface area contributed by atoms with E-state index in [1.807, 2.05) is 0 Å². The number of rotatable bonds is 3. The van der Waals surface area contributed by atoms with Gasteiger partial charge in [-0.25, -0.2) is 4.79 Å². The number of carbonyl (C=O) groups excluding carboxylic acids is 2. The van der Waals surface area contributed by atoms with Crippen LogP contribution in [0.5, 0.6) is 11.5 Å². The zero-order valence-electron chi connectivity index (χ0n) is 19.7. The number of ether oxygens (including phenoxy) is 1. The van der Waals surface area contributed by atoms with E-state index in [9.17, 15) is 24.9 Å². The Kier molecular flexibility index (Phi) is 9.56. The van der Waals surface area contributed by atoms with Gasteiger partial charge in [-0.1, -0.05) is 35.0 Å². The highest BCUT2D eigenvalue weighted by Crippen LogP contribution is 2.37. The lowest BCUT2D eigenvalue weighted by atomic mass is 9.99. The second-order valence-corrected chi connectivity index (χ2v) is 9.02. The molecule has 0 radical (unpaired) electrons. The number of likely N-dealkylation sites (tertiary alicyclic amines) is 1. The number of aliphatic hydroxyl groups excluding tert-OH is 1. The van der Waals surface area contributed by atoms with Crippen molar-refractivity contribution in [2.45, 2.75) is 57.7 Å². The van der Waals surface area contributed by atoms with Gasteiger partial charge in [-0.05, 0) is 44.2 Å². The van der Waals surface area contributed by atoms with Crippen LogP contribution in [0.3, 0.4) is 0 Å². The highest BCUT2D eigenvalue weighted by atomic mass is 35.5. The summed E-state index contributed by atoms with van der Waals surface area (Å²) < 4.78 is 5.44. The normalized spacial score (nSPS) is 24.7. The third kappa shape index (κ3) is 7.47. The first-order valence-corrected chi connectivity index (χ1v) is 12.1. The molecule has 0 spiro atoms. The fourth-order valence-electron chi connectivity index (χ4n) is 3.92. The summed E-state index contributed by atoms with van der Waals surface area (Å²) in [6.45, 7) is 2.80. The van der Waals surface area contributed by atoms with E-state index < -0.39 is 29.7 Å². The van der Waals surface area contributed by atoms with Gasteiger partial charge in [0.05, 0.1) is 16.8 Å².